The molecule has 4 heavy (non-hydrogen) atoms. The van der Waals surface area contributed by atoms with Gasteiger partial charge in [-0.15, -0.1) is 0 Å². The summed E-state index contributed by atoms with van der Waals surface area (Å²) in [6, 6.07) is 0. The van der Waals surface area contributed by atoms with Crippen molar-refractivity contribution in [1.29, 1.82) is 0 Å². The Morgan fingerprint density at radius 1 is 1.00 bits per heavy atom. The molecule has 0 aliphatic carbocycles. The van der Waals surface area contributed by atoms with E-state index in [-0.39, 0.29) is 63.0 Å². The second-order valence-electron chi connectivity index (χ2n) is 0. The Morgan fingerprint density at radius 3 is 1.00 bits per heavy atom. The molecule has 31 valence electrons. The summed E-state index contributed by atoms with van der Waals surface area (Å²) in [6.45, 7) is 0. The minimum atomic E-state index is 0. The minimum absolute atomic E-state index is 0. The van der Waals surface area contributed by atoms with E-state index >= 15 is 0 Å². The third-order valence-corrected chi connectivity index (χ3v) is 0. The third kappa shape index (κ3) is 9.18. The zero-order chi connectivity index (χ0) is 0. The van der Waals surface area contributed by atoms with Crippen LogP contribution in [0.4, 0.5) is 0 Å². The fourth-order valence-electron chi connectivity index (χ4n) is 0. The van der Waals surface area contributed by atoms with Crippen molar-refractivity contribution in [3.63, 3.8) is 0 Å². The first-order chi connectivity index (χ1) is 0. The van der Waals surface area contributed by atoms with Crippen LogP contribution in [-0.4, -0.2) is 45.9 Å². The molecule has 0 heterocycles. The monoisotopic (exact) mass is 201 g/mol. The van der Waals surface area contributed by atoms with E-state index in [1.54, 1.807) is 0 Å². The van der Waals surface area contributed by atoms with Crippen LogP contribution in [0.5, 0.6) is 0 Å². The zero-order valence-electron chi connectivity index (χ0n) is 2.30. The molecule has 0 spiro atoms. The van der Waals surface area contributed by atoms with Crippen LogP contribution in [0.1, 0.15) is 0 Å². The Labute approximate surface area is 62.7 Å². The fourth-order valence-corrected chi connectivity index (χ4v) is 0. The van der Waals surface area contributed by atoms with Crippen LogP contribution < -0.4 is 0 Å². The normalized spacial score (nSPS) is 0. The Bertz CT molecular complexity index is 8.00. The van der Waals surface area contributed by atoms with E-state index in [2.05, 4.69) is 0 Å². The largest absolute Gasteiger partial charge is 0.0125 e. The second-order valence-corrected chi connectivity index (χ2v) is 0. The number of rotatable bonds is 0. The molecule has 4 heteroatoms. The van der Waals surface area contributed by atoms with Gasteiger partial charge in [0.15, 0.2) is 17.4 Å². The van der Waals surface area contributed by atoms with Crippen molar-refractivity contribution in [3.8, 4) is 0 Å². The van der Waals surface area contributed by atoms with Crippen molar-refractivity contribution in [2.45, 2.75) is 0 Å². The minimum Gasteiger partial charge on any atom is -0.0125 e. The Morgan fingerprint density at radius 2 is 1.00 bits per heavy atom. The molecule has 0 N–H and O–H groups in total. The summed E-state index contributed by atoms with van der Waals surface area (Å²) in [5.74, 6) is 0. The van der Waals surface area contributed by atoms with E-state index < -0.39 is 0 Å². The first-order valence-electron chi connectivity index (χ1n) is 0. The maximum Gasteiger partial charge on any atom is -0.0125 e. The average molecular weight is 200 g/mol. The second kappa shape index (κ2) is 21.3. The van der Waals surface area contributed by atoms with Gasteiger partial charge in [-0.3, -0.25) is 0 Å². The van der Waals surface area contributed by atoms with E-state index in [0.29, 0.717) is 0 Å². The van der Waals surface area contributed by atoms with Gasteiger partial charge in [-0.1, -0.05) is 0 Å². The topological polar surface area (TPSA) is 0 Å². The summed E-state index contributed by atoms with van der Waals surface area (Å²) in [7, 11) is 0. The first-order valence-corrected chi connectivity index (χ1v) is 0. The number of hydrogen-bond donors (Lipinski definition) is 0. The molecule has 0 aromatic carbocycles. The van der Waals surface area contributed by atoms with Crippen molar-refractivity contribution in [2.24, 2.45) is 0 Å². The van der Waals surface area contributed by atoms with Crippen LogP contribution in [0, 0.1) is 0 Å². The van der Waals surface area contributed by atoms with Crippen LogP contribution in [0.15, 0.2) is 0 Å². The van der Waals surface area contributed by atoms with Gasteiger partial charge in [-0.25, -0.2) is 0 Å². The first kappa shape index (κ1) is 41.0. The SMILES string of the molecule is [AlH3].[Cu].[GeH3].[SiH3]. The molecule has 0 aliphatic heterocycles. The summed E-state index contributed by atoms with van der Waals surface area (Å²) < 4.78 is 0. The maximum absolute atomic E-state index is 0. The van der Waals surface area contributed by atoms with Crippen LogP contribution in [0.3, 0.4) is 0 Å². The van der Waals surface area contributed by atoms with Crippen LogP contribution in [0.25, 0.3) is 0 Å². The average Bonchev–Trinajstić information content (AvgIpc) is 0. The molecule has 0 rings (SSSR count). The van der Waals surface area contributed by atoms with Crippen molar-refractivity contribution in [3.05, 3.63) is 0 Å². The molecule has 3 radical (unpaired) electrons. The molecule has 0 aromatic heterocycles. The molecule has 0 aliphatic rings. The van der Waals surface area contributed by atoms with Crippen LogP contribution in [-0.2, 0) is 17.1 Å². The van der Waals surface area contributed by atoms with Crippen molar-refractivity contribution >= 4 is 45.9 Å². The Hall–Kier alpha value is 1.81. The Kier molecular flexibility index (Phi) is 218. The van der Waals surface area contributed by atoms with Gasteiger partial charge in [-0.05, 0) is 11.0 Å². The van der Waals surface area contributed by atoms with Crippen LogP contribution >= 0.6 is 0 Å². The molecular formula is H9AlCuGeSi. The summed E-state index contributed by atoms with van der Waals surface area (Å²) in [5.41, 5.74) is 0. The molecule has 0 bridgehead atoms. The molecule has 0 unspecified atom stereocenters. The van der Waals surface area contributed by atoms with E-state index in [1.807, 2.05) is 0 Å². The zero-order valence-corrected chi connectivity index (χ0v) is 9.44. The third-order valence-electron chi connectivity index (χ3n) is 0. The maximum atomic E-state index is 0. The van der Waals surface area contributed by atoms with Crippen molar-refractivity contribution in [1.82, 2.24) is 0 Å². The smallest absolute Gasteiger partial charge is 0.0125 e. The molecule has 0 saturated carbocycles. The molecule has 0 saturated heterocycles. The predicted molar refractivity (Wildman–Crippen MR) is 29.8 cm³/mol. The van der Waals surface area contributed by atoms with Gasteiger partial charge in [-0.2, -0.15) is 0 Å². The summed E-state index contributed by atoms with van der Waals surface area (Å²) in [4.78, 5) is 0. The Balaban J connectivity index is 0. The van der Waals surface area contributed by atoms with Gasteiger partial charge in [0.05, 0.1) is 0 Å². The van der Waals surface area contributed by atoms with Gasteiger partial charge in [0.2, 0.25) is 0 Å². The molecule has 0 atom stereocenters. The standard InChI is InChI=1S/Al.Cu.GeH3.H3Si.3H/h;;2*1H3;;;. The molecule has 0 fully saturated rings. The fraction of sp³-hybridized carbons (Fsp3) is 0. The van der Waals surface area contributed by atoms with Gasteiger partial charge in [0.1, 0.15) is 0 Å². The van der Waals surface area contributed by atoms with Gasteiger partial charge >= 0.3 is 17.6 Å². The van der Waals surface area contributed by atoms with Crippen molar-refractivity contribution < 1.29 is 17.1 Å². The molecule has 0 nitrogen and oxygen atoms in total. The predicted octanol–water partition coefficient (Wildman–Crippen LogP) is -3.55. The summed E-state index contributed by atoms with van der Waals surface area (Å²) >= 11 is 0. The van der Waals surface area contributed by atoms with E-state index in [4.69, 9.17) is 0 Å². The van der Waals surface area contributed by atoms with E-state index in [0.717, 1.165) is 0 Å². The summed E-state index contributed by atoms with van der Waals surface area (Å²) in [5, 5.41) is 0. The molecular weight excluding hydrogens is 191 g/mol. The van der Waals surface area contributed by atoms with Gasteiger partial charge in [0.25, 0.3) is 0 Å². The van der Waals surface area contributed by atoms with Gasteiger partial charge in [0, 0.05) is 17.1 Å². The quantitative estimate of drug-likeness (QED) is 0.355. The molecule has 0 amide bonds. The van der Waals surface area contributed by atoms with E-state index in [1.165, 1.54) is 0 Å². The van der Waals surface area contributed by atoms with Crippen LogP contribution in [0.2, 0.25) is 0 Å². The number of hydrogen-bond acceptors (Lipinski definition) is 0. The van der Waals surface area contributed by atoms with Gasteiger partial charge < -0.3 is 0 Å². The summed E-state index contributed by atoms with van der Waals surface area (Å²) in [6.07, 6.45) is 0. The van der Waals surface area contributed by atoms with E-state index in [9.17, 15) is 0 Å². The molecule has 0 aromatic rings. The van der Waals surface area contributed by atoms with Crippen molar-refractivity contribution in [2.75, 3.05) is 0 Å².